The highest BCUT2D eigenvalue weighted by Crippen LogP contribution is 2.29. The number of benzene rings is 2. The lowest BCUT2D eigenvalue weighted by Crippen LogP contribution is -2.09. The predicted octanol–water partition coefficient (Wildman–Crippen LogP) is 3.16. The zero-order valence-corrected chi connectivity index (χ0v) is 13.0. The number of methoxy groups -OCH3 is 1. The van der Waals surface area contributed by atoms with Gasteiger partial charge in [-0.05, 0) is 24.3 Å². The maximum Gasteiger partial charge on any atom is 0.296 e. The van der Waals surface area contributed by atoms with Crippen LogP contribution in [0.1, 0.15) is 5.56 Å². The molecule has 2 rings (SSSR count). The summed E-state index contributed by atoms with van der Waals surface area (Å²) in [4.78, 5) is 32.8. The highest BCUT2D eigenvalue weighted by atomic mass is 16.6. The highest BCUT2D eigenvalue weighted by molar-refractivity contribution is 6.03. The third-order valence-corrected chi connectivity index (χ3v) is 3.21. The molecule has 0 bridgehead atoms. The summed E-state index contributed by atoms with van der Waals surface area (Å²) in [7, 11) is 1.37. The van der Waals surface area contributed by atoms with E-state index in [1.165, 1.54) is 49.6 Å². The van der Waals surface area contributed by atoms with Gasteiger partial charge in [0.2, 0.25) is 5.91 Å². The average Bonchev–Trinajstić information content (AvgIpc) is 2.60. The van der Waals surface area contributed by atoms with Crippen LogP contribution in [0.5, 0.6) is 5.75 Å². The van der Waals surface area contributed by atoms with Crippen molar-refractivity contribution in [3.05, 3.63) is 74.3 Å². The molecule has 0 saturated heterocycles. The third kappa shape index (κ3) is 4.38. The summed E-state index contributed by atoms with van der Waals surface area (Å²) in [5.41, 5.74) is -0.247. The first-order valence-electron chi connectivity index (χ1n) is 6.97. The first kappa shape index (κ1) is 17.6. The molecule has 0 heterocycles. The Kier molecular flexibility index (Phi) is 5.41. The van der Waals surface area contributed by atoms with Crippen molar-refractivity contribution < 1.29 is 19.4 Å². The van der Waals surface area contributed by atoms with Gasteiger partial charge in [-0.3, -0.25) is 25.0 Å². The molecule has 0 aliphatic heterocycles. The molecule has 0 aromatic heterocycles. The zero-order valence-electron chi connectivity index (χ0n) is 13.0. The minimum atomic E-state index is -0.661. The van der Waals surface area contributed by atoms with Crippen molar-refractivity contribution in [1.29, 1.82) is 0 Å². The smallest absolute Gasteiger partial charge is 0.296 e. The molecule has 1 N–H and O–H groups in total. The fourth-order valence-electron chi connectivity index (χ4n) is 2.03. The van der Waals surface area contributed by atoms with Crippen LogP contribution < -0.4 is 10.1 Å². The van der Waals surface area contributed by atoms with Crippen LogP contribution in [0.3, 0.4) is 0 Å². The summed E-state index contributed by atoms with van der Waals surface area (Å²) in [5, 5.41) is 24.4. The van der Waals surface area contributed by atoms with Crippen molar-refractivity contribution in [1.82, 2.24) is 0 Å². The Labute approximate surface area is 141 Å². The monoisotopic (exact) mass is 343 g/mol. The van der Waals surface area contributed by atoms with Gasteiger partial charge in [0, 0.05) is 12.1 Å². The quantitative estimate of drug-likeness (QED) is 0.488. The van der Waals surface area contributed by atoms with Crippen LogP contribution in [-0.4, -0.2) is 22.9 Å². The molecule has 0 spiro atoms. The normalized spacial score (nSPS) is 10.4. The Morgan fingerprint density at radius 1 is 1.08 bits per heavy atom. The van der Waals surface area contributed by atoms with Crippen LogP contribution in [-0.2, 0) is 4.79 Å². The molecule has 2 aromatic rings. The lowest BCUT2D eigenvalue weighted by molar-refractivity contribution is -0.385. The largest absolute Gasteiger partial charge is 0.496 e. The molecule has 9 nitrogen and oxygen atoms in total. The fraction of sp³-hybridized carbons (Fsp3) is 0.0625. The Morgan fingerprint density at radius 3 is 2.40 bits per heavy atom. The summed E-state index contributed by atoms with van der Waals surface area (Å²) >= 11 is 0. The number of nitrogens with zero attached hydrogens (tertiary/aromatic N) is 2. The zero-order chi connectivity index (χ0) is 18.4. The third-order valence-electron chi connectivity index (χ3n) is 3.21. The number of amides is 1. The van der Waals surface area contributed by atoms with Crippen molar-refractivity contribution in [3.63, 3.8) is 0 Å². The molecule has 25 heavy (non-hydrogen) atoms. The second-order valence-corrected chi connectivity index (χ2v) is 4.78. The van der Waals surface area contributed by atoms with Crippen LogP contribution in [0, 0.1) is 20.2 Å². The number of hydrogen-bond acceptors (Lipinski definition) is 6. The number of nitrogens with one attached hydrogen (secondary N) is 1. The summed E-state index contributed by atoms with van der Waals surface area (Å²) in [6, 6.07) is 9.89. The van der Waals surface area contributed by atoms with Crippen molar-refractivity contribution >= 4 is 29.0 Å². The molecule has 128 valence electrons. The summed E-state index contributed by atoms with van der Waals surface area (Å²) in [5.74, 6) is -0.383. The van der Waals surface area contributed by atoms with E-state index in [2.05, 4.69) is 5.32 Å². The molecule has 0 aliphatic carbocycles. The van der Waals surface area contributed by atoms with Gasteiger partial charge in [-0.1, -0.05) is 12.1 Å². The second kappa shape index (κ2) is 7.68. The molecular formula is C16H13N3O6. The molecule has 0 aliphatic rings. The Hall–Kier alpha value is -3.75. The number of carbonyl (C=O) groups excluding carboxylic acids is 1. The number of para-hydroxylation sites is 1. The maximum absolute atomic E-state index is 12.0. The number of rotatable bonds is 6. The van der Waals surface area contributed by atoms with Crippen LogP contribution in [0.2, 0.25) is 0 Å². The van der Waals surface area contributed by atoms with Crippen LogP contribution in [0.4, 0.5) is 17.1 Å². The summed E-state index contributed by atoms with van der Waals surface area (Å²) in [6.45, 7) is 0. The van der Waals surface area contributed by atoms with E-state index in [1.807, 2.05) is 0 Å². The SMILES string of the molecule is COc1ccc(NC(=O)C=Cc2ccccc2[N+](=O)[O-])c([N+](=O)[O-])c1. The van der Waals surface area contributed by atoms with Crippen LogP contribution in [0.25, 0.3) is 6.08 Å². The van der Waals surface area contributed by atoms with Gasteiger partial charge in [0.25, 0.3) is 11.4 Å². The number of hydrogen-bond donors (Lipinski definition) is 1. The number of carbonyl (C=O) groups is 1. The van der Waals surface area contributed by atoms with Crippen molar-refractivity contribution in [2.45, 2.75) is 0 Å². The Bertz CT molecular complexity index is 863. The standard InChI is InChI=1S/C16H13N3O6/c1-25-12-7-8-13(15(10-12)19(23)24)17-16(20)9-6-11-4-2-3-5-14(11)18(21)22/h2-10H,1H3,(H,17,20). The first-order valence-corrected chi connectivity index (χ1v) is 6.97. The average molecular weight is 343 g/mol. The molecule has 9 heteroatoms. The molecule has 1 amide bonds. The van der Waals surface area contributed by atoms with E-state index in [0.717, 1.165) is 6.08 Å². The van der Waals surface area contributed by atoms with E-state index < -0.39 is 15.8 Å². The minimum Gasteiger partial charge on any atom is -0.496 e. The Morgan fingerprint density at radius 2 is 1.76 bits per heavy atom. The second-order valence-electron chi connectivity index (χ2n) is 4.78. The molecule has 0 saturated carbocycles. The number of ether oxygens (including phenoxy) is 1. The molecule has 0 radical (unpaired) electrons. The van der Waals surface area contributed by atoms with Gasteiger partial charge >= 0.3 is 0 Å². The fourth-order valence-corrected chi connectivity index (χ4v) is 2.03. The van der Waals surface area contributed by atoms with E-state index in [0.29, 0.717) is 0 Å². The van der Waals surface area contributed by atoms with Gasteiger partial charge in [0.15, 0.2) is 0 Å². The number of nitro benzene ring substituents is 2. The Balaban J connectivity index is 2.21. The molecular weight excluding hydrogens is 330 g/mol. The van der Waals surface area contributed by atoms with E-state index in [-0.39, 0.29) is 28.4 Å². The van der Waals surface area contributed by atoms with Gasteiger partial charge in [-0.15, -0.1) is 0 Å². The summed E-state index contributed by atoms with van der Waals surface area (Å²) in [6.07, 6.45) is 2.33. The lowest BCUT2D eigenvalue weighted by atomic mass is 10.1. The maximum atomic E-state index is 12.0. The highest BCUT2D eigenvalue weighted by Gasteiger charge is 2.16. The van der Waals surface area contributed by atoms with Gasteiger partial charge in [0.1, 0.15) is 11.4 Å². The van der Waals surface area contributed by atoms with E-state index in [1.54, 1.807) is 6.07 Å². The first-order chi connectivity index (χ1) is 11.9. The van der Waals surface area contributed by atoms with Crippen molar-refractivity contribution in [2.24, 2.45) is 0 Å². The van der Waals surface area contributed by atoms with Crippen molar-refractivity contribution in [2.75, 3.05) is 12.4 Å². The van der Waals surface area contributed by atoms with Crippen LogP contribution >= 0.6 is 0 Å². The topological polar surface area (TPSA) is 125 Å². The van der Waals surface area contributed by atoms with Gasteiger partial charge in [0.05, 0.1) is 28.6 Å². The number of nitro groups is 2. The van der Waals surface area contributed by atoms with Crippen LogP contribution in [0.15, 0.2) is 48.5 Å². The summed E-state index contributed by atoms with van der Waals surface area (Å²) < 4.78 is 4.91. The molecule has 0 atom stereocenters. The lowest BCUT2D eigenvalue weighted by Gasteiger charge is -2.05. The van der Waals surface area contributed by atoms with Gasteiger partial charge in [-0.25, -0.2) is 0 Å². The van der Waals surface area contributed by atoms with E-state index in [4.69, 9.17) is 4.74 Å². The van der Waals surface area contributed by atoms with Gasteiger partial charge in [-0.2, -0.15) is 0 Å². The van der Waals surface area contributed by atoms with Crippen molar-refractivity contribution in [3.8, 4) is 5.75 Å². The number of anilines is 1. The van der Waals surface area contributed by atoms with E-state index in [9.17, 15) is 25.0 Å². The molecule has 2 aromatic carbocycles. The molecule has 0 fully saturated rings. The minimum absolute atomic E-state index is 0.0111. The van der Waals surface area contributed by atoms with Gasteiger partial charge < -0.3 is 10.1 Å². The predicted molar refractivity (Wildman–Crippen MR) is 90.4 cm³/mol. The van der Waals surface area contributed by atoms with E-state index >= 15 is 0 Å². The molecule has 0 unspecified atom stereocenters.